The molecule has 3 heterocycles. The predicted octanol–water partition coefficient (Wildman–Crippen LogP) is 3.27. The molecule has 1 aromatic carbocycles. The Morgan fingerprint density at radius 3 is 2.86 bits per heavy atom. The van der Waals surface area contributed by atoms with E-state index < -0.39 is 0 Å². The highest BCUT2D eigenvalue weighted by molar-refractivity contribution is 5.75. The van der Waals surface area contributed by atoms with Crippen LogP contribution in [0, 0.1) is 5.92 Å². The smallest absolute Gasteiger partial charge is 0.318 e. The van der Waals surface area contributed by atoms with Crippen molar-refractivity contribution >= 4 is 6.03 Å². The summed E-state index contributed by atoms with van der Waals surface area (Å²) in [4.78, 5) is 24.0. The van der Waals surface area contributed by atoms with Crippen LogP contribution in [-0.2, 0) is 24.1 Å². The third-order valence-electron chi connectivity index (χ3n) is 5.73. The lowest BCUT2D eigenvalue weighted by atomic mass is 9.96. The van der Waals surface area contributed by atoms with Crippen molar-refractivity contribution in [2.45, 2.75) is 45.2 Å². The summed E-state index contributed by atoms with van der Waals surface area (Å²) in [7, 11) is 0. The van der Waals surface area contributed by atoms with Crippen LogP contribution in [0.1, 0.15) is 48.5 Å². The Morgan fingerprint density at radius 1 is 1.29 bits per heavy atom. The summed E-state index contributed by atoms with van der Waals surface area (Å²) in [5.41, 5.74) is 3.26. The van der Waals surface area contributed by atoms with E-state index in [0.717, 1.165) is 61.5 Å². The van der Waals surface area contributed by atoms with E-state index in [4.69, 9.17) is 9.72 Å². The fraction of sp³-hybridized carbons (Fsp3) is 0.500. The molecule has 0 saturated carbocycles. The van der Waals surface area contributed by atoms with Gasteiger partial charge in [-0.05, 0) is 43.2 Å². The van der Waals surface area contributed by atoms with Crippen LogP contribution in [0.3, 0.4) is 0 Å². The minimum atomic E-state index is -0.0356. The van der Waals surface area contributed by atoms with Gasteiger partial charge in [0, 0.05) is 32.4 Å². The van der Waals surface area contributed by atoms with Crippen molar-refractivity contribution < 1.29 is 9.53 Å². The van der Waals surface area contributed by atoms with E-state index in [1.807, 2.05) is 48.4 Å². The Labute approximate surface area is 166 Å². The minimum Gasteiger partial charge on any atom is -0.381 e. The van der Waals surface area contributed by atoms with E-state index in [1.165, 1.54) is 0 Å². The third kappa shape index (κ3) is 4.50. The lowest BCUT2D eigenvalue weighted by Crippen LogP contribution is -2.44. The van der Waals surface area contributed by atoms with Gasteiger partial charge in [0.15, 0.2) is 0 Å². The maximum atomic E-state index is 12.8. The number of aromatic nitrogens is 2. The molecule has 0 unspecified atom stereocenters. The van der Waals surface area contributed by atoms with Gasteiger partial charge >= 0.3 is 6.03 Å². The molecule has 1 N–H and O–H groups in total. The number of urea groups is 1. The van der Waals surface area contributed by atoms with E-state index in [9.17, 15) is 4.79 Å². The number of hydrogen-bond acceptors (Lipinski definition) is 4. The first-order chi connectivity index (χ1) is 13.7. The number of benzene rings is 1. The van der Waals surface area contributed by atoms with Crippen molar-refractivity contribution in [3.05, 3.63) is 59.2 Å². The highest BCUT2D eigenvalue weighted by atomic mass is 16.5. The number of carbonyl (C=O) groups excluding carboxylic acids is 1. The molecule has 0 radical (unpaired) electrons. The molecular weight excluding hydrogens is 352 g/mol. The third-order valence-corrected chi connectivity index (χ3v) is 5.73. The second-order valence-corrected chi connectivity index (χ2v) is 7.77. The standard InChI is InChI=1S/C22H28N4O2/c1-16(18-5-3-2-4-6-18)24-22(27)26-10-7-19-14-23-21(25-20(19)15-26)13-17-8-11-28-12-9-17/h2-6,14,16-17H,7-13,15H2,1H3,(H,24,27)/t16-/m0/s1. The SMILES string of the molecule is C[C@H](NC(=O)N1CCc2cnc(CC3CCOCC3)nc2C1)c1ccccc1. The second-order valence-electron chi connectivity index (χ2n) is 7.77. The molecule has 1 aromatic heterocycles. The Morgan fingerprint density at radius 2 is 2.07 bits per heavy atom. The zero-order valence-electron chi connectivity index (χ0n) is 16.4. The lowest BCUT2D eigenvalue weighted by Gasteiger charge is -2.30. The fourth-order valence-corrected chi connectivity index (χ4v) is 3.93. The van der Waals surface area contributed by atoms with E-state index in [0.29, 0.717) is 19.0 Å². The van der Waals surface area contributed by atoms with Gasteiger partial charge in [0.1, 0.15) is 5.82 Å². The second kappa shape index (κ2) is 8.69. The van der Waals surface area contributed by atoms with E-state index >= 15 is 0 Å². The number of hydrogen-bond donors (Lipinski definition) is 1. The molecule has 1 saturated heterocycles. The molecule has 2 aromatic rings. The molecule has 1 atom stereocenters. The highest BCUT2D eigenvalue weighted by Gasteiger charge is 2.24. The maximum Gasteiger partial charge on any atom is 0.318 e. The highest BCUT2D eigenvalue weighted by Crippen LogP contribution is 2.21. The molecule has 6 nitrogen and oxygen atoms in total. The molecular formula is C22H28N4O2. The van der Waals surface area contributed by atoms with Crippen LogP contribution in [-0.4, -0.2) is 40.7 Å². The van der Waals surface area contributed by atoms with Crippen molar-refractivity contribution in [1.82, 2.24) is 20.2 Å². The molecule has 2 amide bonds. The zero-order chi connectivity index (χ0) is 19.3. The van der Waals surface area contributed by atoms with Crippen LogP contribution in [0.5, 0.6) is 0 Å². The maximum absolute atomic E-state index is 12.8. The van der Waals surface area contributed by atoms with E-state index in [-0.39, 0.29) is 12.1 Å². The van der Waals surface area contributed by atoms with E-state index in [2.05, 4.69) is 10.3 Å². The molecule has 0 aliphatic carbocycles. The van der Waals surface area contributed by atoms with Crippen LogP contribution < -0.4 is 5.32 Å². The first-order valence-corrected chi connectivity index (χ1v) is 10.2. The van der Waals surface area contributed by atoms with Crippen molar-refractivity contribution in [1.29, 1.82) is 0 Å². The minimum absolute atomic E-state index is 0.0235. The van der Waals surface area contributed by atoms with Gasteiger partial charge in [0.25, 0.3) is 0 Å². The molecule has 6 heteroatoms. The predicted molar refractivity (Wildman–Crippen MR) is 107 cm³/mol. The number of amides is 2. The number of fused-ring (bicyclic) bond motifs is 1. The summed E-state index contributed by atoms with van der Waals surface area (Å²) in [6, 6.07) is 9.98. The average Bonchev–Trinajstić information content (AvgIpc) is 2.74. The van der Waals surface area contributed by atoms with Crippen LogP contribution in [0.25, 0.3) is 0 Å². The summed E-state index contributed by atoms with van der Waals surface area (Å²) in [6.07, 6.45) is 5.81. The Balaban J connectivity index is 1.39. The summed E-state index contributed by atoms with van der Waals surface area (Å²) >= 11 is 0. The lowest BCUT2D eigenvalue weighted by molar-refractivity contribution is 0.0659. The topological polar surface area (TPSA) is 67.4 Å². The Bertz CT molecular complexity index is 805. The monoisotopic (exact) mass is 380 g/mol. The van der Waals surface area contributed by atoms with Crippen LogP contribution in [0.2, 0.25) is 0 Å². The summed E-state index contributed by atoms with van der Waals surface area (Å²) in [6.45, 7) is 4.93. The van der Waals surface area contributed by atoms with Gasteiger partial charge < -0.3 is 15.0 Å². The average molecular weight is 380 g/mol. The molecule has 2 aliphatic rings. The van der Waals surface area contributed by atoms with Crippen molar-refractivity contribution in [3.8, 4) is 0 Å². The number of carbonyl (C=O) groups is 1. The van der Waals surface area contributed by atoms with Gasteiger partial charge in [-0.3, -0.25) is 0 Å². The van der Waals surface area contributed by atoms with Crippen LogP contribution in [0.4, 0.5) is 4.79 Å². The van der Waals surface area contributed by atoms with E-state index in [1.54, 1.807) is 0 Å². The largest absolute Gasteiger partial charge is 0.381 e. The van der Waals surface area contributed by atoms with Gasteiger partial charge in [-0.25, -0.2) is 14.8 Å². The molecule has 0 spiro atoms. The van der Waals surface area contributed by atoms with Gasteiger partial charge in [-0.2, -0.15) is 0 Å². The normalized spacial score (nSPS) is 18.4. The van der Waals surface area contributed by atoms with Crippen LogP contribution >= 0.6 is 0 Å². The number of ether oxygens (including phenoxy) is 1. The molecule has 2 aliphatic heterocycles. The number of rotatable bonds is 4. The molecule has 28 heavy (non-hydrogen) atoms. The number of nitrogens with one attached hydrogen (secondary N) is 1. The first-order valence-electron chi connectivity index (χ1n) is 10.2. The molecule has 1 fully saturated rings. The Hall–Kier alpha value is -2.47. The zero-order valence-corrected chi connectivity index (χ0v) is 16.4. The van der Waals surface area contributed by atoms with Crippen LogP contribution in [0.15, 0.2) is 36.5 Å². The van der Waals surface area contributed by atoms with Gasteiger partial charge in [-0.15, -0.1) is 0 Å². The number of nitrogens with zero attached hydrogens (tertiary/aromatic N) is 3. The first kappa shape index (κ1) is 18.9. The molecule has 4 rings (SSSR count). The Kier molecular flexibility index (Phi) is 5.86. The fourth-order valence-electron chi connectivity index (χ4n) is 3.93. The molecule has 148 valence electrons. The van der Waals surface area contributed by atoms with Crippen molar-refractivity contribution in [2.75, 3.05) is 19.8 Å². The van der Waals surface area contributed by atoms with Crippen molar-refractivity contribution in [3.63, 3.8) is 0 Å². The van der Waals surface area contributed by atoms with Gasteiger partial charge in [0.2, 0.25) is 0 Å². The molecule has 0 bridgehead atoms. The summed E-state index contributed by atoms with van der Waals surface area (Å²) in [5.74, 6) is 1.49. The van der Waals surface area contributed by atoms with Gasteiger partial charge in [-0.1, -0.05) is 30.3 Å². The van der Waals surface area contributed by atoms with Gasteiger partial charge in [0.05, 0.1) is 18.3 Å². The summed E-state index contributed by atoms with van der Waals surface area (Å²) in [5, 5.41) is 3.11. The summed E-state index contributed by atoms with van der Waals surface area (Å²) < 4.78 is 5.44. The quantitative estimate of drug-likeness (QED) is 0.884. The van der Waals surface area contributed by atoms with Crippen molar-refractivity contribution in [2.24, 2.45) is 5.92 Å².